The van der Waals surface area contributed by atoms with Crippen LogP contribution in [0.3, 0.4) is 0 Å². The number of rotatable bonds is 20. The molecule has 2 aliphatic rings. The maximum Gasteiger partial charge on any atom is 0.405 e. The third-order valence-electron chi connectivity index (χ3n) is 9.76. The molecule has 1 saturated heterocycles. The third-order valence-corrected chi connectivity index (χ3v) is 9.76. The maximum atomic E-state index is 13.2. The first kappa shape index (κ1) is 44.6. The third kappa shape index (κ3) is 10.7. The van der Waals surface area contributed by atoms with Crippen molar-refractivity contribution in [1.29, 1.82) is 0 Å². The minimum Gasteiger partial charge on any atom is -0.444 e. The van der Waals surface area contributed by atoms with Gasteiger partial charge in [0.25, 0.3) is 23.6 Å². The molecule has 0 aliphatic carbocycles. The first-order chi connectivity index (χ1) is 30.8. The Labute approximate surface area is 361 Å². The van der Waals surface area contributed by atoms with E-state index in [9.17, 15) is 41.9 Å². The van der Waals surface area contributed by atoms with Gasteiger partial charge >= 0.3 is 6.18 Å². The van der Waals surface area contributed by atoms with Gasteiger partial charge in [0.05, 0.1) is 55.1 Å². The molecular weight excluding hydrogens is 848 g/mol. The highest BCUT2D eigenvalue weighted by Crippen LogP contribution is 2.32. The van der Waals surface area contributed by atoms with E-state index in [0.717, 1.165) is 16.7 Å². The van der Waals surface area contributed by atoms with Crippen LogP contribution in [0.15, 0.2) is 77.7 Å². The van der Waals surface area contributed by atoms with E-state index in [1.54, 1.807) is 24.3 Å². The Morgan fingerprint density at radius 3 is 2.44 bits per heavy atom. The Bertz CT molecular complexity index is 2560. The quantitative estimate of drug-likeness (QED) is 0.0485. The number of carbonyl (C=O) groups is 6. The van der Waals surface area contributed by atoms with Crippen molar-refractivity contribution in [3.63, 3.8) is 0 Å². The van der Waals surface area contributed by atoms with Gasteiger partial charge in [-0.3, -0.25) is 39.0 Å². The van der Waals surface area contributed by atoms with Crippen molar-refractivity contribution in [1.82, 2.24) is 35.3 Å². The minimum absolute atomic E-state index is 0.00509. The van der Waals surface area contributed by atoms with Crippen molar-refractivity contribution in [3.8, 4) is 17.1 Å². The Morgan fingerprint density at radius 1 is 0.938 bits per heavy atom. The summed E-state index contributed by atoms with van der Waals surface area (Å²) in [5.74, 6) is -4.07. The smallest absolute Gasteiger partial charge is 0.405 e. The molecular formula is C41H40F3N11O9. The van der Waals surface area contributed by atoms with Crippen molar-refractivity contribution >= 4 is 52.6 Å². The van der Waals surface area contributed by atoms with Crippen LogP contribution in [0.2, 0.25) is 0 Å². The highest BCUT2D eigenvalue weighted by Gasteiger charge is 2.45. The molecule has 1 atom stereocenters. The number of fused-ring (bicyclic) bond motifs is 1. The summed E-state index contributed by atoms with van der Waals surface area (Å²) in [6, 6.07) is 13.7. The number of nitrogens with zero attached hydrogens (tertiary/aromatic N) is 5. The van der Waals surface area contributed by atoms with Crippen molar-refractivity contribution in [2.75, 3.05) is 62.0 Å². The Hall–Kier alpha value is -7.50. The number of pyridine rings is 1. The zero-order chi connectivity index (χ0) is 45.4. The van der Waals surface area contributed by atoms with Crippen LogP contribution in [0.4, 0.5) is 30.4 Å². The van der Waals surface area contributed by atoms with Crippen molar-refractivity contribution in [2.24, 2.45) is 5.73 Å². The predicted molar refractivity (Wildman–Crippen MR) is 219 cm³/mol. The van der Waals surface area contributed by atoms with Crippen LogP contribution in [0, 0.1) is 0 Å². The lowest BCUT2D eigenvalue weighted by atomic mass is 10.0. The topological polar surface area (TPSA) is 267 Å². The van der Waals surface area contributed by atoms with Crippen LogP contribution < -0.4 is 32.3 Å². The van der Waals surface area contributed by atoms with Gasteiger partial charge in [-0.1, -0.05) is 18.2 Å². The monoisotopic (exact) mass is 887 g/mol. The summed E-state index contributed by atoms with van der Waals surface area (Å²) in [6.07, 6.45) is -0.626. The zero-order valence-electron chi connectivity index (χ0n) is 33.7. The normalized spacial score (nSPS) is 15.0. The summed E-state index contributed by atoms with van der Waals surface area (Å²) in [6.45, 7) is 1.47. The molecule has 23 heteroatoms. The number of alkyl halides is 3. The van der Waals surface area contributed by atoms with Gasteiger partial charge in [0.15, 0.2) is 11.4 Å². The second-order valence-corrected chi connectivity index (χ2v) is 14.3. The van der Waals surface area contributed by atoms with Gasteiger partial charge in [0.2, 0.25) is 17.7 Å². The molecule has 0 saturated carbocycles. The second-order valence-electron chi connectivity index (χ2n) is 14.3. The number of carbonyl (C=O) groups excluding carboxylic acids is 6. The fraction of sp³-hybridized carbons (Fsp3) is 0.293. The number of nitrogens with two attached hydrogens (primary N) is 1. The lowest BCUT2D eigenvalue weighted by Crippen LogP contribution is -2.54. The number of ether oxygens (including phenoxy) is 2. The molecule has 1 unspecified atom stereocenters. The van der Waals surface area contributed by atoms with E-state index in [2.05, 4.69) is 41.7 Å². The predicted octanol–water partition coefficient (Wildman–Crippen LogP) is 2.88. The largest absolute Gasteiger partial charge is 0.444 e. The van der Waals surface area contributed by atoms with Gasteiger partial charge in [-0.15, -0.1) is 0 Å². The average molecular weight is 888 g/mol. The number of primary amides is 1. The van der Waals surface area contributed by atoms with E-state index in [-0.39, 0.29) is 64.9 Å². The van der Waals surface area contributed by atoms with Crippen LogP contribution in [-0.2, 0) is 25.6 Å². The number of oxazole rings is 1. The standard InChI is InChI=1S/C41H40F3N11O9/c42-41(43,44)22-49-31-18-24(10-11-48-31)38-51-29(21-64-38)36(58)50-28-20-54(53-34(28)35(45)57)25-6-4-23(5-7-25)19-46-12-14-62-16-17-63-15-13-47-27-3-1-2-26-33(27)40(61)55(39(26)60)30-8-9-32(56)52-37(30)59/h1-7,10-11,18,20-21,30,46-47H,8-9,12-17,19,22H2,(H2,45,57)(H,48,49)(H,50,58)(H,52,56,59). The molecule has 2 aliphatic heterocycles. The van der Waals surface area contributed by atoms with Crippen molar-refractivity contribution in [3.05, 3.63) is 101 Å². The van der Waals surface area contributed by atoms with Gasteiger partial charge in [-0.05, 0) is 48.4 Å². The number of benzene rings is 2. The molecule has 3 aromatic heterocycles. The van der Waals surface area contributed by atoms with E-state index < -0.39 is 54.2 Å². The van der Waals surface area contributed by atoms with E-state index in [1.807, 2.05) is 12.1 Å². The fourth-order valence-corrected chi connectivity index (χ4v) is 6.71. The molecule has 5 aromatic rings. The molecule has 20 nitrogen and oxygen atoms in total. The summed E-state index contributed by atoms with van der Waals surface area (Å²) in [5.41, 5.74) is 7.71. The minimum atomic E-state index is -4.45. The first-order valence-electron chi connectivity index (χ1n) is 19.7. The molecule has 0 radical (unpaired) electrons. The Morgan fingerprint density at radius 2 is 1.70 bits per heavy atom. The van der Waals surface area contributed by atoms with Gasteiger partial charge in [-0.25, -0.2) is 14.6 Å². The summed E-state index contributed by atoms with van der Waals surface area (Å²) >= 11 is 0. The lowest BCUT2D eigenvalue weighted by Gasteiger charge is -2.27. The number of nitrogens with one attached hydrogen (secondary N) is 5. The number of imide groups is 2. The van der Waals surface area contributed by atoms with Crippen LogP contribution in [0.25, 0.3) is 17.1 Å². The molecule has 1 fully saturated rings. The summed E-state index contributed by atoms with van der Waals surface area (Å²) in [4.78, 5) is 84.3. The highest BCUT2D eigenvalue weighted by atomic mass is 19.4. The average Bonchev–Trinajstić information content (AvgIpc) is 4.00. The first-order valence-corrected chi connectivity index (χ1v) is 19.7. The summed E-state index contributed by atoms with van der Waals surface area (Å²) in [5, 5.41) is 17.5. The number of halogens is 3. The number of amides is 6. The molecule has 334 valence electrons. The van der Waals surface area contributed by atoms with Crippen LogP contribution in [-0.4, -0.2) is 118 Å². The van der Waals surface area contributed by atoms with Gasteiger partial charge in [-0.2, -0.15) is 18.3 Å². The highest BCUT2D eigenvalue weighted by molar-refractivity contribution is 6.25. The Balaban J connectivity index is 0.802. The summed E-state index contributed by atoms with van der Waals surface area (Å²) in [7, 11) is 0. The van der Waals surface area contributed by atoms with Gasteiger partial charge in [0.1, 0.15) is 24.7 Å². The van der Waals surface area contributed by atoms with E-state index in [0.29, 0.717) is 50.8 Å². The van der Waals surface area contributed by atoms with Crippen LogP contribution in [0.5, 0.6) is 0 Å². The number of anilines is 3. The van der Waals surface area contributed by atoms with Crippen LogP contribution >= 0.6 is 0 Å². The molecule has 0 bridgehead atoms. The zero-order valence-corrected chi connectivity index (χ0v) is 33.7. The number of hydrogen-bond donors (Lipinski definition) is 6. The molecule has 5 heterocycles. The van der Waals surface area contributed by atoms with Crippen molar-refractivity contribution in [2.45, 2.75) is 31.6 Å². The van der Waals surface area contributed by atoms with E-state index in [1.165, 1.54) is 35.3 Å². The SMILES string of the molecule is NC(=O)c1nn(-c2ccc(CNCCOCCOCCNc3cccc4c3C(=O)N(C3CCC(=O)NC3=O)C4=O)cc2)cc1NC(=O)c1coc(-c2ccnc(NCC(F)(F)F)c2)n1. The molecule has 0 spiro atoms. The van der Waals surface area contributed by atoms with E-state index >= 15 is 0 Å². The molecule has 7 N–H and O–H groups in total. The molecule has 7 rings (SSSR count). The van der Waals surface area contributed by atoms with Crippen molar-refractivity contribution < 1.29 is 55.8 Å². The summed E-state index contributed by atoms with van der Waals surface area (Å²) < 4.78 is 55.8. The number of piperidine rings is 1. The number of hydrogen-bond acceptors (Lipinski definition) is 15. The molecule has 6 amide bonds. The fourth-order valence-electron chi connectivity index (χ4n) is 6.71. The number of aromatic nitrogens is 4. The van der Waals surface area contributed by atoms with Crippen LogP contribution in [0.1, 0.15) is 60.1 Å². The molecule has 64 heavy (non-hydrogen) atoms. The molecule has 2 aromatic carbocycles. The lowest BCUT2D eigenvalue weighted by molar-refractivity contribution is -0.136. The van der Waals surface area contributed by atoms with E-state index in [4.69, 9.17) is 19.6 Å². The maximum absolute atomic E-state index is 13.2. The second kappa shape index (κ2) is 19.7. The van der Waals surface area contributed by atoms with Gasteiger partial charge < -0.3 is 40.9 Å². The van der Waals surface area contributed by atoms with Gasteiger partial charge in [0, 0.05) is 43.5 Å². The Kier molecular flexibility index (Phi) is 13.7.